The Morgan fingerprint density at radius 1 is 0.972 bits per heavy atom. The van der Waals surface area contributed by atoms with Crippen LogP contribution in [0.25, 0.3) is 0 Å². The Labute approximate surface area is 210 Å². The van der Waals surface area contributed by atoms with Crippen molar-refractivity contribution in [3.63, 3.8) is 0 Å². The van der Waals surface area contributed by atoms with Crippen LogP contribution >= 0.6 is 11.6 Å². The molecule has 2 amide bonds. The molecule has 0 fully saturated rings. The molecule has 0 saturated heterocycles. The number of carbonyl (C=O) groups excluding carboxylic acids is 3. The van der Waals surface area contributed by atoms with Gasteiger partial charge in [0, 0.05) is 22.7 Å². The average Bonchev–Trinajstić information content (AvgIpc) is 2.84. The van der Waals surface area contributed by atoms with Gasteiger partial charge in [0.05, 0.1) is 16.9 Å². The number of hydrogen-bond acceptors (Lipinski definition) is 4. The molecular formula is C26H21ClF3N3O3. The van der Waals surface area contributed by atoms with Crippen molar-refractivity contribution >= 4 is 41.1 Å². The van der Waals surface area contributed by atoms with Crippen molar-refractivity contribution in [2.75, 3.05) is 10.6 Å². The van der Waals surface area contributed by atoms with Gasteiger partial charge in [0.15, 0.2) is 0 Å². The van der Waals surface area contributed by atoms with Crippen molar-refractivity contribution in [3.8, 4) is 0 Å². The maximum Gasteiger partial charge on any atom is 0.418 e. The molecule has 186 valence electrons. The average molecular weight is 516 g/mol. The van der Waals surface area contributed by atoms with E-state index in [0.29, 0.717) is 17.5 Å². The van der Waals surface area contributed by atoms with E-state index in [0.717, 1.165) is 23.8 Å². The highest BCUT2D eigenvalue weighted by atomic mass is 35.5. The van der Waals surface area contributed by atoms with Crippen LogP contribution in [-0.4, -0.2) is 24.1 Å². The first-order valence-corrected chi connectivity index (χ1v) is 11.0. The van der Waals surface area contributed by atoms with E-state index in [-0.39, 0.29) is 17.1 Å². The van der Waals surface area contributed by atoms with Gasteiger partial charge in [-0.15, -0.1) is 0 Å². The summed E-state index contributed by atoms with van der Waals surface area (Å²) in [5.74, 6) is -1.49. The third-order valence-corrected chi connectivity index (χ3v) is 5.31. The highest BCUT2D eigenvalue weighted by Gasteiger charge is 2.34. The molecule has 6 nitrogen and oxygen atoms in total. The van der Waals surface area contributed by atoms with Crippen LogP contribution in [0.1, 0.15) is 21.5 Å². The zero-order valence-electron chi connectivity index (χ0n) is 18.7. The van der Waals surface area contributed by atoms with E-state index in [1.165, 1.54) is 12.1 Å². The quantitative estimate of drug-likeness (QED) is 0.261. The van der Waals surface area contributed by atoms with Gasteiger partial charge in [0.25, 0.3) is 5.91 Å². The molecule has 0 aromatic heterocycles. The molecular weight excluding hydrogens is 495 g/mol. The fourth-order valence-corrected chi connectivity index (χ4v) is 3.45. The lowest BCUT2D eigenvalue weighted by molar-refractivity contribution is -0.137. The summed E-state index contributed by atoms with van der Waals surface area (Å²) in [5.41, 5.74) is -0.336. The minimum atomic E-state index is -4.73. The summed E-state index contributed by atoms with van der Waals surface area (Å²) < 4.78 is 40.0. The van der Waals surface area contributed by atoms with Gasteiger partial charge in [-0.1, -0.05) is 48.5 Å². The smallest absolute Gasteiger partial charge is 0.369 e. The SMILES string of the molecule is C=C(NC(Cc1ccccc1)C(=O)Nc1ccc(C=O)cc1)C(=O)Nc1cc(Cl)ccc1C(F)(F)F. The molecule has 10 heteroatoms. The van der Waals surface area contributed by atoms with Crippen molar-refractivity contribution in [2.24, 2.45) is 0 Å². The van der Waals surface area contributed by atoms with Crippen LogP contribution in [0.4, 0.5) is 24.5 Å². The van der Waals surface area contributed by atoms with Gasteiger partial charge in [0.2, 0.25) is 5.91 Å². The molecule has 0 spiro atoms. The maximum absolute atomic E-state index is 13.3. The van der Waals surface area contributed by atoms with Crippen LogP contribution in [0.3, 0.4) is 0 Å². The molecule has 0 aliphatic heterocycles. The first-order valence-electron chi connectivity index (χ1n) is 10.6. The first-order chi connectivity index (χ1) is 17.1. The van der Waals surface area contributed by atoms with E-state index >= 15 is 0 Å². The van der Waals surface area contributed by atoms with Crippen molar-refractivity contribution < 1.29 is 27.6 Å². The molecule has 0 bridgehead atoms. The standard InChI is InChI=1S/C26H21ClF3N3O3/c1-16(24(35)33-22-14-19(27)9-12-21(22)26(28,29)30)31-23(13-17-5-3-2-4-6-17)25(36)32-20-10-7-18(15-34)8-11-20/h2-12,14-15,23,31H,1,13H2,(H,32,36)(H,33,35). The van der Waals surface area contributed by atoms with Crippen LogP contribution in [0.2, 0.25) is 5.02 Å². The number of aldehydes is 1. The van der Waals surface area contributed by atoms with Crippen LogP contribution < -0.4 is 16.0 Å². The molecule has 3 rings (SSSR count). The lowest BCUT2D eigenvalue weighted by Gasteiger charge is -2.21. The topological polar surface area (TPSA) is 87.3 Å². The molecule has 3 N–H and O–H groups in total. The molecule has 0 radical (unpaired) electrons. The second kappa shape index (κ2) is 11.5. The Hall–Kier alpha value is -4.11. The maximum atomic E-state index is 13.3. The van der Waals surface area contributed by atoms with Gasteiger partial charge in [0.1, 0.15) is 12.3 Å². The number of alkyl halides is 3. The van der Waals surface area contributed by atoms with Gasteiger partial charge in [-0.25, -0.2) is 0 Å². The molecule has 3 aromatic carbocycles. The molecule has 1 unspecified atom stereocenters. The van der Waals surface area contributed by atoms with E-state index in [1.54, 1.807) is 42.5 Å². The normalized spacial score (nSPS) is 11.8. The second-order valence-electron chi connectivity index (χ2n) is 7.74. The molecule has 1 atom stereocenters. The van der Waals surface area contributed by atoms with Gasteiger partial charge >= 0.3 is 6.18 Å². The van der Waals surface area contributed by atoms with E-state index in [1.807, 2.05) is 0 Å². The summed E-state index contributed by atoms with van der Waals surface area (Å²) in [5, 5.41) is 7.56. The fraction of sp³-hybridized carbons (Fsp3) is 0.115. The summed E-state index contributed by atoms with van der Waals surface area (Å²) in [4.78, 5) is 36.6. The number of anilines is 2. The summed E-state index contributed by atoms with van der Waals surface area (Å²) in [7, 11) is 0. The molecule has 0 aliphatic rings. The Morgan fingerprint density at radius 2 is 1.64 bits per heavy atom. The predicted octanol–water partition coefficient (Wildman–Crippen LogP) is 5.46. The second-order valence-corrected chi connectivity index (χ2v) is 8.17. The Morgan fingerprint density at radius 3 is 2.25 bits per heavy atom. The highest BCUT2D eigenvalue weighted by molar-refractivity contribution is 6.31. The van der Waals surface area contributed by atoms with E-state index in [4.69, 9.17) is 11.6 Å². The first kappa shape index (κ1) is 26.5. The third kappa shape index (κ3) is 7.19. The lowest BCUT2D eigenvalue weighted by Crippen LogP contribution is -2.43. The van der Waals surface area contributed by atoms with Crippen LogP contribution in [0.5, 0.6) is 0 Å². The van der Waals surface area contributed by atoms with Crippen LogP contribution in [0.15, 0.2) is 85.1 Å². The van der Waals surface area contributed by atoms with Crippen molar-refractivity contribution in [2.45, 2.75) is 18.6 Å². The largest absolute Gasteiger partial charge is 0.418 e. The third-order valence-electron chi connectivity index (χ3n) is 5.07. The zero-order valence-corrected chi connectivity index (χ0v) is 19.5. The molecule has 3 aromatic rings. The summed E-state index contributed by atoms with van der Waals surface area (Å²) in [6.07, 6.45) is -3.91. The number of nitrogens with one attached hydrogen (secondary N) is 3. The molecule has 0 aliphatic carbocycles. The summed E-state index contributed by atoms with van der Waals surface area (Å²) in [6, 6.07) is 16.9. The van der Waals surface area contributed by atoms with Crippen molar-refractivity contribution in [1.82, 2.24) is 5.32 Å². The number of benzene rings is 3. The predicted molar refractivity (Wildman–Crippen MR) is 132 cm³/mol. The van der Waals surface area contributed by atoms with E-state index in [9.17, 15) is 27.6 Å². The minimum absolute atomic E-state index is 0.00111. The minimum Gasteiger partial charge on any atom is -0.369 e. The molecule has 0 saturated carbocycles. The number of halogens is 4. The van der Waals surface area contributed by atoms with Crippen molar-refractivity contribution in [3.05, 3.63) is 107 Å². The zero-order chi connectivity index (χ0) is 26.3. The summed E-state index contributed by atoms with van der Waals surface area (Å²) in [6.45, 7) is 3.60. The van der Waals surface area contributed by atoms with Gasteiger partial charge in [-0.05, 0) is 48.0 Å². The van der Waals surface area contributed by atoms with E-state index in [2.05, 4.69) is 22.5 Å². The number of amides is 2. The molecule has 0 heterocycles. The Bertz CT molecular complexity index is 1260. The van der Waals surface area contributed by atoms with Gasteiger partial charge < -0.3 is 16.0 Å². The van der Waals surface area contributed by atoms with Gasteiger partial charge in [-0.2, -0.15) is 13.2 Å². The van der Waals surface area contributed by atoms with Crippen molar-refractivity contribution in [1.29, 1.82) is 0 Å². The number of carbonyl (C=O) groups is 3. The molecule has 36 heavy (non-hydrogen) atoms. The number of hydrogen-bond donors (Lipinski definition) is 3. The van der Waals surface area contributed by atoms with Gasteiger partial charge in [-0.3, -0.25) is 14.4 Å². The Balaban J connectivity index is 1.78. The van der Waals surface area contributed by atoms with Crippen LogP contribution in [0, 0.1) is 0 Å². The Kier molecular flexibility index (Phi) is 8.50. The highest BCUT2D eigenvalue weighted by Crippen LogP contribution is 2.36. The van der Waals surface area contributed by atoms with E-state index < -0.39 is 35.3 Å². The summed E-state index contributed by atoms with van der Waals surface area (Å²) >= 11 is 5.81. The fourth-order valence-electron chi connectivity index (χ4n) is 3.27. The monoisotopic (exact) mass is 515 g/mol. The number of rotatable bonds is 9. The van der Waals surface area contributed by atoms with Crippen LogP contribution in [-0.2, 0) is 22.2 Å². The lowest BCUT2D eigenvalue weighted by atomic mass is 10.0.